The molecule has 0 saturated heterocycles. The molecule has 6 heteroatoms. The number of aryl methyl sites for hydroxylation is 1. The summed E-state index contributed by atoms with van der Waals surface area (Å²) in [5, 5.41) is 6.17. The lowest BCUT2D eigenvalue weighted by Crippen LogP contribution is -2.15. The second-order valence-electron chi connectivity index (χ2n) is 4.48. The molecule has 21 heavy (non-hydrogen) atoms. The van der Waals surface area contributed by atoms with Crippen molar-refractivity contribution in [3.8, 4) is 0 Å². The molecule has 0 aliphatic heterocycles. The third kappa shape index (κ3) is 3.95. The maximum atomic E-state index is 12.3. The van der Waals surface area contributed by atoms with E-state index in [1.165, 1.54) is 0 Å². The van der Waals surface area contributed by atoms with Crippen molar-refractivity contribution < 1.29 is 4.79 Å². The Bertz CT molecular complexity index is 676. The third-order valence-electron chi connectivity index (χ3n) is 2.85. The Morgan fingerprint density at radius 1 is 1.33 bits per heavy atom. The maximum Gasteiger partial charge on any atom is 0.275 e. The van der Waals surface area contributed by atoms with Crippen LogP contribution >= 0.6 is 27.5 Å². The van der Waals surface area contributed by atoms with Crippen molar-refractivity contribution in [1.29, 1.82) is 0 Å². The van der Waals surface area contributed by atoms with Gasteiger partial charge in [0, 0.05) is 16.7 Å². The highest BCUT2D eigenvalue weighted by Crippen LogP contribution is 2.22. The molecule has 0 spiro atoms. The molecule has 0 unspecified atom stereocenters. The van der Waals surface area contributed by atoms with Gasteiger partial charge in [0.25, 0.3) is 5.91 Å². The minimum absolute atomic E-state index is 0.201. The van der Waals surface area contributed by atoms with Crippen molar-refractivity contribution in [2.75, 3.05) is 17.2 Å². The van der Waals surface area contributed by atoms with Crippen molar-refractivity contribution in [2.45, 2.75) is 13.8 Å². The zero-order valence-corrected chi connectivity index (χ0v) is 14.0. The molecule has 2 rings (SSSR count). The maximum absolute atomic E-state index is 12.3. The Morgan fingerprint density at radius 3 is 2.76 bits per heavy atom. The minimum atomic E-state index is -0.337. The van der Waals surface area contributed by atoms with E-state index >= 15 is 0 Å². The van der Waals surface area contributed by atoms with Crippen LogP contribution in [0, 0.1) is 6.92 Å². The molecule has 4 nitrogen and oxygen atoms in total. The summed E-state index contributed by atoms with van der Waals surface area (Å²) in [5.41, 5.74) is 1.98. The number of nitrogens with zero attached hydrogens (tertiary/aromatic N) is 1. The van der Waals surface area contributed by atoms with Gasteiger partial charge in [-0.1, -0.05) is 33.6 Å². The molecule has 0 aliphatic rings. The number of hydrogen-bond donors (Lipinski definition) is 2. The topological polar surface area (TPSA) is 54.0 Å². The molecule has 1 aromatic carbocycles. The van der Waals surface area contributed by atoms with Crippen LogP contribution in [0.1, 0.15) is 23.0 Å². The fourth-order valence-corrected chi connectivity index (χ4v) is 2.31. The number of benzene rings is 1. The Morgan fingerprint density at radius 2 is 2.10 bits per heavy atom. The second kappa shape index (κ2) is 6.91. The molecular weight excluding hydrogens is 354 g/mol. The van der Waals surface area contributed by atoms with Crippen LogP contribution in [0.3, 0.4) is 0 Å². The number of carbonyl (C=O) groups excluding carboxylic acids is 1. The van der Waals surface area contributed by atoms with E-state index in [4.69, 9.17) is 11.6 Å². The summed E-state index contributed by atoms with van der Waals surface area (Å²) < 4.78 is 0.931. The molecule has 0 saturated carbocycles. The summed E-state index contributed by atoms with van der Waals surface area (Å²) in [7, 11) is 0. The van der Waals surface area contributed by atoms with Gasteiger partial charge in [0.05, 0.1) is 5.02 Å². The number of anilines is 2. The van der Waals surface area contributed by atoms with Gasteiger partial charge in [-0.15, -0.1) is 0 Å². The molecule has 0 fully saturated rings. The van der Waals surface area contributed by atoms with E-state index in [-0.39, 0.29) is 11.6 Å². The van der Waals surface area contributed by atoms with Crippen LogP contribution in [0.5, 0.6) is 0 Å². The van der Waals surface area contributed by atoms with E-state index in [2.05, 4.69) is 31.5 Å². The number of rotatable bonds is 4. The van der Waals surface area contributed by atoms with Crippen LogP contribution in [0.4, 0.5) is 11.5 Å². The first-order valence-electron chi connectivity index (χ1n) is 6.49. The summed E-state index contributed by atoms with van der Waals surface area (Å²) >= 11 is 9.49. The number of carbonyl (C=O) groups is 1. The van der Waals surface area contributed by atoms with Crippen LogP contribution < -0.4 is 10.6 Å². The number of pyridine rings is 1. The van der Waals surface area contributed by atoms with Gasteiger partial charge in [-0.3, -0.25) is 4.79 Å². The molecule has 0 atom stereocenters. The van der Waals surface area contributed by atoms with Gasteiger partial charge in [-0.2, -0.15) is 0 Å². The van der Waals surface area contributed by atoms with E-state index in [1.54, 1.807) is 12.1 Å². The van der Waals surface area contributed by atoms with Gasteiger partial charge in [0.1, 0.15) is 11.5 Å². The lowest BCUT2D eigenvalue weighted by molar-refractivity contribution is 0.102. The van der Waals surface area contributed by atoms with E-state index < -0.39 is 0 Å². The first kappa shape index (κ1) is 15.8. The minimum Gasteiger partial charge on any atom is -0.370 e. The highest BCUT2D eigenvalue weighted by atomic mass is 79.9. The predicted molar refractivity (Wildman–Crippen MR) is 90.2 cm³/mol. The summed E-state index contributed by atoms with van der Waals surface area (Å²) in [6, 6.07) is 9.00. The summed E-state index contributed by atoms with van der Waals surface area (Å²) in [6.45, 7) is 4.66. The van der Waals surface area contributed by atoms with Gasteiger partial charge >= 0.3 is 0 Å². The van der Waals surface area contributed by atoms with Gasteiger partial charge in [0.15, 0.2) is 0 Å². The second-order valence-corrected chi connectivity index (χ2v) is 5.74. The molecule has 2 aromatic rings. The average Bonchev–Trinajstić information content (AvgIpc) is 2.45. The molecule has 110 valence electrons. The molecule has 2 N–H and O–H groups in total. The smallest absolute Gasteiger partial charge is 0.275 e. The Balaban J connectivity index is 2.23. The van der Waals surface area contributed by atoms with Gasteiger partial charge in [-0.05, 0) is 43.7 Å². The first-order valence-corrected chi connectivity index (χ1v) is 7.66. The number of hydrogen-bond acceptors (Lipinski definition) is 3. The summed E-state index contributed by atoms with van der Waals surface area (Å²) in [5.74, 6) is 0.285. The van der Waals surface area contributed by atoms with Gasteiger partial charge in [-0.25, -0.2) is 4.98 Å². The predicted octanol–water partition coefficient (Wildman–Crippen LogP) is 4.49. The van der Waals surface area contributed by atoms with Gasteiger partial charge in [0.2, 0.25) is 0 Å². The Kier molecular flexibility index (Phi) is 5.20. The van der Waals surface area contributed by atoms with Crippen molar-refractivity contribution in [3.05, 3.63) is 51.1 Å². The number of halogens is 2. The van der Waals surface area contributed by atoms with Crippen molar-refractivity contribution >= 4 is 44.9 Å². The van der Waals surface area contributed by atoms with E-state index in [1.807, 2.05) is 32.0 Å². The van der Waals surface area contributed by atoms with Gasteiger partial charge < -0.3 is 10.6 Å². The average molecular weight is 369 g/mol. The summed E-state index contributed by atoms with van der Waals surface area (Å²) in [4.78, 5) is 16.5. The highest BCUT2D eigenvalue weighted by Gasteiger charge is 2.13. The highest BCUT2D eigenvalue weighted by molar-refractivity contribution is 9.10. The molecule has 1 heterocycles. The van der Waals surface area contributed by atoms with Crippen LogP contribution in [0.25, 0.3) is 0 Å². The fraction of sp³-hybridized carbons (Fsp3) is 0.200. The normalized spacial score (nSPS) is 10.3. The van der Waals surface area contributed by atoms with Crippen molar-refractivity contribution in [3.63, 3.8) is 0 Å². The quantitative estimate of drug-likeness (QED) is 0.836. The largest absolute Gasteiger partial charge is 0.370 e. The number of aromatic nitrogens is 1. The first-order chi connectivity index (χ1) is 10.0. The van der Waals surface area contributed by atoms with Crippen LogP contribution in [0.15, 0.2) is 34.8 Å². The molecule has 0 radical (unpaired) electrons. The van der Waals surface area contributed by atoms with Crippen LogP contribution in [-0.4, -0.2) is 17.4 Å². The molecule has 0 aliphatic carbocycles. The van der Waals surface area contributed by atoms with E-state index in [0.29, 0.717) is 16.5 Å². The van der Waals surface area contributed by atoms with Crippen LogP contribution in [0.2, 0.25) is 5.02 Å². The Hall–Kier alpha value is -1.59. The van der Waals surface area contributed by atoms with E-state index in [9.17, 15) is 4.79 Å². The van der Waals surface area contributed by atoms with Crippen LogP contribution in [-0.2, 0) is 0 Å². The van der Waals surface area contributed by atoms with E-state index in [0.717, 1.165) is 16.6 Å². The zero-order chi connectivity index (χ0) is 15.4. The monoisotopic (exact) mass is 367 g/mol. The lowest BCUT2D eigenvalue weighted by Gasteiger charge is -2.09. The number of nitrogens with one attached hydrogen (secondary N) is 2. The fourth-order valence-electron chi connectivity index (χ4n) is 1.74. The molecule has 1 aromatic heterocycles. The SMILES string of the molecule is CCNc1ccc(Cl)c(C(=O)Nc2ccc(C)c(Br)c2)n1. The number of amides is 1. The Labute approximate surface area is 137 Å². The molecule has 1 amide bonds. The van der Waals surface area contributed by atoms with Crippen molar-refractivity contribution in [1.82, 2.24) is 4.98 Å². The van der Waals surface area contributed by atoms with Crippen molar-refractivity contribution in [2.24, 2.45) is 0 Å². The molecular formula is C15H15BrClN3O. The lowest BCUT2D eigenvalue weighted by atomic mass is 10.2. The zero-order valence-electron chi connectivity index (χ0n) is 11.7. The summed E-state index contributed by atoms with van der Waals surface area (Å²) in [6.07, 6.45) is 0. The standard InChI is InChI=1S/C15H15BrClN3O/c1-3-18-13-7-6-12(17)14(20-13)15(21)19-10-5-4-9(2)11(16)8-10/h4-8H,3H2,1-2H3,(H,18,20)(H,19,21). The molecule has 0 bridgehead atoms. The third-order valence-corrected chi connectivity index (χ3v) is 4.01.